The van der Waals surface area contributed by atoms with Crippen LogP contribution in [0, 0.1) is 0 Å². The fourth-order valence-electron chi connectivity index (χ4n) is 10.4. The third kappa shape index (κ3) is 5.46. The van der Waals surface area contributed by atoms with Gasteiger partial charge in [-0.2, -0.15) is 0 Å². The Kier molecular flexibility index (Phi) is 7.82. The van der Waals surface area contributed by atoms with Crippen molar-refractivity contribution in [1.82, 2.24) is 19.1 Å². The molecule has 300 valence electrons. The quantitative estimate of drug-likeness (QED) is 0.173. The van der Waals surface area contributed by atoms with Crippen LogP contribution in [-0.2, 0) is 0 Å². The van der Waals surface area contributed by atoms with E-state index in [2.05, 4.69) is 209 Å². The van der Waals surface area contributed by atoms with Crippen LogP contribution in [0.4, 0.5) is 0 Å². The molecule has 1 atom stereocenters. The lowest BCUT2D eigenvalue weighted by atomic mass is 9.96. The standard InChI is InChI=1S/C58H36N4S2/c1-3-15-35(16-4-1)48-34-49(36-17-5-2-6-18-36)60-58(59-48)37-27-38(61-50-23-11-7-19-40(50)44-32-56-46(30-52(44)61)42-21-9-13-25-54(42)63-56)29-39(28-37)62-51-24-12-8-20-41(51)45-33-57-47(31-53(45)62)43-22-10-14-26-55(43)64-57/h1-27,29-34,39H,28H2. The molecule has 0 aliphatic heterocycles. The summed E-state index contributed by atoms with van der Waals surface area (Å²) in [6, 6.07) is 68.3. The van der Waals surface area contributed by atoms with Gasteiger partial charge in [-0.1, -0.05) is 133 Å². The number of benzene rings is 8. The van der Waals surface area contributed by atoms with Crippen LogP contribution >= 0.6 is 22.7 Å². The highest BCUT2D eigenvalue weighted by molar-refractivity contribution is 7.26. The van der Waals surface area contributed by atoms with Crippen molar-refractivity contribution in [3.05, 3.63) is 206 Å². The number of nitrogens with zero attached hydrogens (tertiary/aromatic N) is 4. The van der Waals surface area contributed by atoms with Gasteiger partial charge in [0.25, 0.3) is 0 Å². The van der Waals surface area contributed by atoms with Crippen LogP contribution < -0.4 is 0 Å². The van der Waals surface area contributed by atoms with Crippen LogP contribution in [0.5, 0.6) is 0 Å². The van der Waals surface area contributed by atoms with Crippen molar-refractivity contribution in [2.24, 2.45) is 0 Å². The van der Waals surface area contributed by atoms with E-state index in [-0.39, 0.29) is 6.04 Å². The zero-order valence-electron chi connectivity index (χ0n) is 34.4. The maximum absolute atomic E-state index is 5.45. The molecule has 5 aromatic heterocycles. The molecule has 64 heavy (non-hydrogen) atoms. The van der Waals surface area contributed by atoms with Crippen LogP contribution in [0.15, 0.2) is 200 Å². The molecule has 1 aliphatic rings. The third-order valence-corrected chi connectivity index (χ3v) is 15.5. The Labute approximate surface area is 375 Å². The molecule has 0 amide bonds. The molecule has 4 nitrogen and oxygen atoms in total. The Morgan fingerprint density at radius 2 is 0.906 bits per heavy atom. The predicted octanol–water partition coefficient (Wildman–Crippen LogP) is 16.3. The number of hydrogen-bond acceptors (Lipinski definition) is 4. The van der Waals surface area contributed by atoms with E-state index in [0.717, 1.165) is 39.6 Å². The van der Waals surface area contributed by atoms with Crippen molar-refractivity contribution in [3.8, 4) is 22.5 Å². The number of aromatic nitrogens is 4. The van der Waals surface area contributed by atoms with Gasteiger partial charge in [-0.15, -0.1) is 22.7 Å². The average Bonchev–Trinajstić information content (AvgIpc) is 4.10. The molecule has 1 unspecified atom stereocenters. The first-order chi connectivity index (χ1) is 31.7. The first kappa shape index (κ1) is 35.9. The van der Waals surface area contributed by atoms with Crippen molar-refractivity contribution >= 4 is 118 Å². The fraction of sp³-hybridized carbons (Fsp3) is 0.0345. The molecule has 0 bridgehead atoms. The Bertz CT molecular complexity index is 4050. The highest BCUT2D eigenvalue weighted by Gasteiger charge is 2.27. The summed E-state index contributed by atoms with van der Waals surface area (Å²) in [4.78, 5) is 10.9. The molecule has 0 radical (unpaired) electrons. The normalized spacial score (nSPS) is 14.5. The lowest BCUT2D eigenvalue weighted by molar-refractivity contribution is 0.653. The zero-order valence-corrected chi connectivity index (χ0v) is 36.1. The van der Waals surface area contributed by atoms with E-state index < -0.39 is 0 Å². The van der Waals surface area contributed by atoms with E-state index in [4.69, 9.17) is 9.97 Å². The van der Waals surface area contributed by atoms with E-state index in [1.807, 2.05) is 22.7 Å². The molecule has 5 heterocycles. The van der Waals surface area contributed by atoms with Crippen molar-refractivity contribution < 1.29 is 0 Å². The van der Waals surface area contributed by atoms with Crippen molar-refractivity contribution in [2.75, 3.05) is 0 Å². The van der Waals surface area contributed by atoms with E-state index in [1.54, 1.807) is 0 Å². The lowest BCUT2D eigenvalue weighted by Gasteiger charge is -2.26. The van der Waals surface area contributed by atoms with E-state index in [0.29, 0.717) is 6.42 Å². The van der Waals surface area contributed by atoms with Crippen molar-refractivity contribution in [2.45, 2.75) is 12.5 Å². The number of thiophene rings is 2. The maximum Gasteiger partial charge on any atom is 0.156 e. The molecular formula is C58H36N4S2. The summed E-state index contributed by atoms with van der Waals surface area (Å²) in [5.74, 6) is 0.745. The van der Waals surface area contributed by atoms with Gasteiger partial charge in [-0.05, 0) is 66.7 Å². The van der Waals surface area contributed by atoms with E-state index >= 15 is 0 Å². The Balaban J connectivity index is 1.07. The number of fused-ring (bicyclic) bond motifs is 12. The molecule has 14 rings (SSSR count). The highest BCUT2D eigenvalue weighted by atomic mass is 32.1. The topological polar surface area (TPSA) is 35.6 Å². The van der Waals surface area contributed by atoms with E-state index in [9.17, 15) is 0 Å². The van der Waals surface area contributed by atoms with Crippen LogP contribution in [0.3, 0.4) is 0 Å². The van der Waals surface area contributed by atoms with Gasteiger partial charge < -0.3 is 9.13 Å². The van der Waals surface area contributed by atoms with Gasteiger partial charge in [0.2, 0.25) is 0 Å². The first-order valence-corrected chi connectivity index (χ1v) is 23.4. The summed E-state index contributed by atoms with van der Waals surface area (Å²) in [7, 11) is 0. The minimum Gasteiger partial charge on any atom is -0.333 e. The van der Waals surface area contributed by atoms with Gasteiger partial charge in [0.05, 0.1) is 34.0 Å². The van der Waals surface area contributed by atoms with Gasteiger partial charge in [0, 0.05) is 96.2 Å². The summed E-state index contributed by atoms with van der Waals surface area (Å²) in [6.07, 6.45) is 5.59. The maximum atomic E-state index is 5.45. The first-order valence-electron chi connectivity index (χ1n) is 21.8. The summed E-state index contributed by atoms with van der Waals surface area (Å²) in [5, 5.41) is 10.2. The highest BCUT2D eigenvalue weighted by Crippen LogP contribution is 2.46. The molecule has 13 aromatic rings. The van der Waals surface area contributed by atoms with Crippen LogP contribution in [0.1, 0.15) is 18.3 Å². The van der Waals surface area contributed by atoms with Gasteiger partial charge in [0.15, 0.2) is 5.82 Å². The summed E-state index contributed by atoms with van der Waals surface area (Å²) in [6.45, 7) is 0. The average molecular weight is 853 g/mol. The number of hydrogen-bond donors (Lipinski definition) is 0. The van der Waals surface area contributed by atoms with Gasteiger partial charge in [-0.3, -0.25) is 0 Å². The molecular weight excluding hydrogens is 817 g/mol. The van der Waals surface area contributed by atoms with Crippen LogP contribution in [0.2, 0.25) is 0 Å². The molecule has 6 heteroatoms. The SMILES string of the molecule is C1=C(c2nc(-c3ccccc3)cc(-c3ccccc3)n2)CC(n2c3ccccc3c3cc4sc5ccccc5c4cc32)C=C1n1c2ccccc2c2cc3sc4ccccc4c3cc21. The lowest BCUT2D eigenvalue weighted by Crippen LogP contribution is -2.14. The molecule has 0 fully saturated rings. The number of rotatable bonds is 5. The molecule has 1 aliphatic carbocycles. The zero-order chi connectivity index (χ0) is 41.9. The second-order valence-corrected chi connectivity index (χ2v) is 19.1. The Morgan fingerprint density at radius 3 is 1.53 bits per heavy atom. The third-order valence-electron chi connectivity index (χ3n) is 13.2. The Hall–Kier alpha value is -7.64. The monoisotopic (exact) mass is 852 g/mol. The van der Waals surface area contributed by atoms with Crippen molar-refractivity contribution in [1.29, 1.82) is 0 Å². The number of para-hydroxylation sites is 2. The molecule has 0 N–H and O–H groups in total. The predicted molar refractivity (Wildman–Crippen MR) is 273 cm³/mol. The largest absolute Gasteiger partial charge is 0.333 e. The molecule has 0 saturated carbocycles. The second-order valence-electron chi connectivity index (χ2n) is 16.9. The summed E-state index contributed by atoms with van der Waals surface area (Å²) < 4.78 is 10.3. The smallest absolute Gasteiger partial charge is 0.156 e. The number of allylic oxidation sites excluding steroid dienone is 4. The van der Waals surface area contributed by atoms with Gasteiger partial charge in [0.1, 0.15) is 0 Å². The summed E-state index contributed by atoms with van der Waals surface area (Å²) in [5.41, 5.74) is 11.0. The minimum absolute atomic E-state index is 0.0640. The van der Waals surface area contributed by atoms with E-state index in [1.165, 1.54) is 84.0 Å². The molecule has 0 saturated heterocycles. The van der Waals surface area contributed by atoms with Crippen LogP contribution in [-0.4, -0.2) is 19.1 Å². The van der Waals surface area contributed by atoms with Crippen molar-refractivity contribution in [3.63, 3.8) is 0 Å². The fourth-order valence-corrected chi connectivity index (χ4v) is 12.6. The second kappa shape index (κ2) is 13.9. The molecule has 0 spiro atoms. The Morgan fingerprint density at radius 1 is 0.406 bits per heavy atom. The van der Waals surface area contributed by atoms with Crippen LogP contribution in [0.25, 0.3) is 118 Å². The summed E-state index contributed by atoms with van der Waals surface area (Å²) >= 11 is 3.75. The molecule has 8 aromatic carbocycles. The van der Waals surface area contributed by atoms with Gasteiger partial charge >= 0.3 is 0 Å². The minimum atomic E-state index is -0.0640. The van der Waals surface area contributed by atoms with Gasteiger partial charge in [-0.25, -0.2) is 9.97 Å².